The van der Waals surface area contributed by atoms with Crippen LogP contribution in [0.15, 0.2) is 52.5 Å². The summed E-state index contributed by atoms with van der Waals surface area (Å²) in [5.74, 6) is -1.61. The van der Waals surface area contributed by atoms with Gasteiger partial charge in [-0.25, -0.2) is 8.42 Å². The number of nitro groups is 2. The minimum absolute atomic E-state index is 0.000600. The van der Waals surface area contributed by atoms with E-state index in [1.807, 2.05) is 0 Å². The SMILES string of the molecule is O=C(O)C1CCN(S(=O)(=O)c2ccc(N/N=C\c3cccc([N+](=O)[O-])c3)c([N+](=O)[O-])c2)CC1. The van der Waals surface area contributed by atoms with Gasteiger partial charge in [0.15, 0.2) is 0 Å². The van der Waals surface area contributed by atoms with Crippen LogP contribution in [0.5, 0.6) is 0 Å². The molecule has 1 fully saturated rings. The molecule has 0 aliphatic carbocycles. The van der Waals surface area contributed by atoms with Gasteiger partial charge in [-0.05, 0) is 25.0 Å². The molecule has 1 aliphatic rings. The van der Waals surface area contributed by atoms with Crippen molar-refractivity contribution in [2.45, 2.75) is 17.7 Å². The molecule has 0 amide bonds. The van der Waals surface area contributed by atoms with Gasteiger partial charge in [-0.15, -0.1) is 0 Å². The van der Waals surface area contributed by atoms with E-state index in [9.17, 15) is 33.4 Å². The van der Waals surface area contributed by atoms with E-state index in [0.29, 0.717) is 5.56 Å². The van der Waals surface area contributed by atoms with E-state index in [4.69, 9.17) is 5.11 Å². The first kappa shape index (κ1) is 23.7. The maximum atomic E-state index is 12.9. The van der Waals surface area contributed by atoms with E-state index >= 15 is 0 Å². The van der Waals surface area contributed by atoms with Crippen molar-refractivity contribution < 1.29 is 28.2 Å². The summed E-state index contributed by atoms with van der Waals surface area (Å²) in [5.41, 5.74) is 2.07. The average molecular weight is 477 g/mol. The van der Waals surface area contributed by atoms with Crippen LogP contribution in [0.3, 0.4) is 0 Å². The zero-order valence-electron chi connectivity index (χ0n) is 17.0. The zero-order valence-corrected chi connectivity index (χ0v) is 17.8. The fourth-order valence-corrected chi connectivity index (χ4v) is 4.79. The van der Waals surface area contributed by atoms with Crippen LogP contribution in [0.25, 0.3) is 0 Å². The maximum absolute atomic E-state index is 12.9. The highest BCUT2D eigenvalue weighted by atomic mass is 32.2. The predicted molar refractivity (Wildman–Crippen MR) is 117 cm³/mol. The molecule has 14 heteroatoms. The molecule has 0 spiro atoms. The average Bonchev–Trinajstić information content (AvgIpc) is 2.79. The number of rotatable bonds is 8. The molecule has 1 saturated heterocycles. The van der Waals surface area contributed by atoms with Gasteiger partial charge in [-0.2, -0.15) is 9.41 Å². The lowest BCUT2D eigenvalue weighted by molar-refractivity contribution is -0.384. The molecular formula is C19H19N5O8S. The van der Waals surface area contributed by atoms with Crippen LogP contribution in [0.4, 0.5) is 17.1 Å². The highest BCUT2D eigenvalue weighted by molar-refractivity contribution is 7.89. The third-order valence-corrected chi connectivity index (χ3v) is 6.98. The summed E-state index contributed by atoms with van der Waals surface area (Å²) in [5, 5.41) is 35.3. The molecule has 33 heavy (non-hydrogen) atoms. The Hall–Kier alpha value is -3.91. The Morgan fingerprint density at radius 2 is 1.82 bits per heavy atom. The van der Waals surface area contributed by atoms with Crippen molar-refractivity contribution in [3.05, 3.63) is 68.3 Å². The Morgan fingerprint density at radius 1 is 1.12 bits per heavy atom. The fourth-order valence-electron chi connectivity index (χ4n) is 3.30. The predicted octanol–water partition coefficient (Wildman–Crippen LogP) is 2.43. The number of piperidine rings is 1. The van der Waals surface area contributed by atoms with E-state index in [1.165, 1.54) is 36.5 Å². The third-order valence-electron chi connectivity index (χ3n) is 5.09. The number of carboxylic acid groups (broad SMARTS) is 1. The van der Waals surface area contributed by atoms with Gasteiger partial charge in [-0.3, -0.25) is 30.4 Å². The van der Waals surface area contributed by atoms with Crippen molar-refractivity contribution in [1.29, 1.82) is 0 Å². The number of non-ortho nitro benzene ring substituents is 1. The Kier molecular flexibility index (Phi) is 6.98. The second kappa shape index (κ2) is 9.70. The molecule has 0 bridgehead atoms. The standard InChI is InChI=1S/C19H19N5O8S/c25-19(26)14-6-8-22(9-7-14)33(31,32)16-4-5-17(18(11-16)24(29)30)21-20-12-13-2-1-3-15(10-13)23(27)28/h1-5,10-12,14,21H,6-9H2,(H,25,26)/b20-12-. The first-order chi connectivity index (χ1) is 15.6. The number of anilines is 1. The third kappa shape index (κ3) is 5.48. The van der Waals surface area contributed by atoms with Gasteiger partial charge >= 0.3 is 5.97 Å². The molecular weight excluding hydrogens is 458 g/mol. The number of hydrogen-bond acceptors (Lipinski definition) is 9. The molecule has 1 heterocycles. The molecule has 1 aliphatic heterocycles. The van der Waals surface area contributed by atoms with E-state index in [2.05, 4.69) is 10.5 Å². The van der Waals surface area contributed by atoms with Crippen molar-refractivity contribution in [2.24, 2.45) is 11.0 Å². The molecule has 2 aromatic rings. The number of nitrogens with zero attached hydrogens (tertiary/aromatic N) is 4. The summed E-state index contributed by atoms with van der Waals surface area (Å²) >= 11 is 0. The summed E-state index contributed by atoms with van der Waals surface area (Å²) in [6, 6.07) is 8.87. The zero-order chi connectivity index (χ0) is 24.2. The minimum Gasteiger partial charge on any atom is -0.481 e. The van der Waals surface area contributed by atoms with Crippen molar-refractivity contribution in [3.63, 3.8) is 0 Å². The molecule has 174 valence electrons. The number of carboxylic acids is 1. The summed E-state index contributed by atoms with van der Waals surface area (Å²) in [6.45, 7) is 0.00120. The molecule has 0 radical (unpaired) electrons. The largest absolute Gasteiger partial charge is 0.481 e. The molecule has 0 atom stereocenters. The smallest absolute Gasteiger partial charge is 0.306 e. The number of nitro benzene ring substituents is 2. The van der Waals surface area contributed by atoms with Gasteiger partial charge in [0.1, 0.15) is 5.69 Å². The minimum atomic E-state index is -4.05. The van der Waals surface area contributed by atoms with E-state index in [0.717, 1.165) is 10.4 Å². The van der Waals surface area contributed by atoms with Crippen LogP contribution in [-0.4, -0.2) is 52.9 Å². The van der Waals surface area contributed by atoms with Gasteiger partial charge < -0.3 is 5.11 Å². The molecule has 0 saturated carbocycles. The van der Waals surface area contributed by atoms with Crippen LogP contribution in [0, 0.1) is 26.1 Å². The lowest BCUT2D eigenvalue weighted by Gasteiger charge is -2.29. The van der Waals surface area contributed by atoms with Gasteiger partial charge in [-0.1, -0.05) is 12.1 Å². The Bertz CT molecular complexity index is 1220. The van der Waals surface area contributed by atoms with Crippen LogP contribution in [0.2, 0.25) is 0 Å². The Labute approximate surface area is 187 Å². The summed E-state index contributed by atoms with van der Waals surface area (Å²) in [7, 11) is -4.05. The molecule has 2 aromatic carbocycles. The van der Waals surface area contributed by atoms with Crippen molar-refractivity contribution >= 4 is 39.3 Å². The molecule has 2 N–H and O–H groups in total. The van der Waals surface area contributed by atoms with Gasteiger partial charge in [0.05, 0.1) is 26.9 Å². The van der Waals surface area contributed by atoms with Gasteiger partial charge in [0, 0.05) is 36.9 Å². The number of hydrogen-bond donors (Lipinski definition) is 2. The lowest BCUT2D eigenvalue weighted by atomic mass is 9.99. The number of aliphatic carboxylic acids is 1. The second-order valence-electron chi connectivity index (χ2n) is 7.17. The number of sulfonamides is 1. The highest BCUT2D eigenvalue weighted by Gasteiger charge is 2.33. The van der Waals surface area contributed by atoms with Crippen molar-refractivity contribution in [2.75, 3.05) is 18.5 Å². The van der Waals surface area contributed by atoms with Crippen LogP contribution < -0.4 is 5.43 Å². The monoisotopic (exact) mass is 477 g/mol. The Balaban J connectivity index is 1.79. The number of carbonyl (C=O) groups is 1. The second-order valence-corrected chi connectivity index (χ2v) is 9.11. The normalized spacial score (nSPS) is 15.4. The van der Waals surface area contributed by atoms with Crippen LogP contribution in [-0.2, 0) is 14.8 Å². The Morgan fingerprint density at radius 3 is 2.42 bits per heavy atom. The number of hydrazone groups is 1. The van der Waals surface area contributed by atoms with Crippen molar-refractivity contribution in [1.82, 2.24) is 4.31 Å². The number of nitrogens with one attached hydrogen (secondary N) is 1. The summed E-state index contributed by atoms with van der Waals surface area (Å²) < 4.78 is 26.9. The quantitative estimate of drug-likeness (QED) is 0.327. The van der Waals surface area contributed by atoms with Crippen molar-refractivity contribution in [3.8, 4) is 0 Å². The first-order valence-corrected chi connectivity index (χ1v) is 11.1. The number of benzene rings is 2. The topological polar surface area (TPSA) is 185 Å². The van der Waals surface area contributed by atoms with E-state index < -0.39 is 37.4 Å². The van der Waals surface area contributed by atoms with E-state index in [1.54, 1.807) is 6.07 Å². The van der Waals surface area contributed by atoms with Crippen LogP contribution >= 0.6 is 0 Å². The van der Waals surface area contributed by atoms with E-state index in [-0.39, 0.29) is 42.2 Å². The summed E-state index contributed by atoms with van der Waals surface area (Å²) in [6.07, 6.45) is 1.54. The molecule has 0 aromatic heterocycles. The van der Waals surface area contributed by atoms with Gasteiger partial charge in [0.25, 0.3) is 11.4 Å². The van der Waals surface area contributed by atoms with Gasteiger partial charge in [0.2, 0.25) is 10.0 Å². The first-order valence-electron chi connectivity index (χ1n) is 9.64. The molecule has 13 nitrogen and oxygen atoms in total. The molecule has 0 unspecified atom stereocenters. The molecule has 3 rings (SSSR count). The maximum Gasteiger partial charge on any atom is 0.306 e. The lowest BCUT2D eigenvalue weighted by Crippen LogP contribution is -2.40. The van der Waals surface area contributed by atoms with Crippen LogP contribution in [0.1, 0.15) is 18.4 Å². The summed E-state index contributed by atoms with van der Waals surface area (Å²) in [4.78, 5) is 31.8. The highest BCUT2D eigenvalue weighted by Crippen LogP contribution is 2.30. The fraction of sp³-hybridized carbons (Fsp3) is 0.263.